The minimum absolute atomic E-state index is 0.0432. The van der Waals surface area contributed by atoms with Crippen LogP contribution in [0.1, 0.15) is 25.3 Å². The Bertz CT molecular complexity index is 611. The molecular weight excluding hydrogens is 286 g/mol. The van der Waals surface area contributed by atoms with Crippen molar-refractivity contribution < 1.29 is 4.79 Å². The molecule has 1 aromatic rings. The summed E-state index contributed by atoms with van der Waals surface area (Å²) in [5.74, 6) is 0.112. The van der Waals surface area contributed by atoms with Gasteiger partial charge < -0.3 is 10.2 Å². The van der Waals surface area contributed by atoms with Crippen molar-refractivity contribution >= 4 is 11.6 Å². The minimum atomic E-state index is -0.349. The van der Waals surface area contributed by atoms with Gasteiger partial charge >= 0.3 is 0 Å². The number of hydrogen-bond acceptors (Lipinski definition) is 3. The number of nitrogens with zero attached hydrogens (tertiary/aromatic N) is 2. The van der Waals surface area contributed by atoms with Crippen LogP contribution in [0.5, 0.6) is 0 Å². The molecule has 0 fully saturated rings. The average molecular weight is 309 g/mol. The van der Waals surface area contributed by atoms with Crippen molar-refractivity contribution in [2.75, 3.05) is 18.4 Å². The van der Waals surface area contributed by atoms with E-state index in [-0.39, 0.29) is 11.5 Å². The topological polar surface area (TPSA) is 56.1 Å². The van der Waals surface area contributed by atoms with Gasteiger partial charge in [-0.3, -0.25) is 4.79 Å². The zero-order chi connectivity index (χ0) is 17.2. The van der Waals surface area contributed by atoms with E-state index in [1.807, 2.05) is 30.3 Å². The van der Waals surface area contributed by atoms with Crippen LogP contribution in [-0.4, -0.2) is 23.9 Å². The van der Waals surface area contributed by atoms with Crippen molar-refractivity contribution in [2.24, 2.45) is 0 Å². The van der Waals surface area contributed by atoms with Gasteiger partial charge in [-0.2, -0.15) is 5.26 Å². The van der Waals surface area contributed by atoms with Crippen molar-refractivity contribution in [3.05, 3.63) is 66.9 Å². The average Bonchev–Trinajstić information content (AvgIpc) is 2.55. The summed E-state index contributed by atoms with van der Waals surface area (Å²) < 4.78 is 0. The lowest BCUT2D eigenvalue weighted by atomic mass is 10.0. The lowest BCUT2D eigenvalue weighted by molar-refractivity contribution is -0.125. The molecule has 0 spiro atoms. The molecule has 1 N–H and O–H groups in total. The maximum Gasteiger partial charge on any atom is 0.266 e. The minimum Gasteiger partial charge on any atom is -0.360 e. The van der Waals surface area contributed by atoms with Crippen molar-refractivity contribution in [1.82, 2.24) is 4.90 Å². The number of hydrogen-bond donors (Lipinski definition) is 1. The molecule has 0 aromatic heterocycles. The smallest absolute Gasteiger partial charge is 0.266 e. The molecule has 1 rings (SSSR count). The van der Waals surface area contributed by atoms with Crippen LogP contribution in [0.25, 0.3) is 0 Å². The van der Waals surface area contributed by atoms with Crippen LogP contribution in [0.3, 0.4) is 0 Å². The largest absolute Gasteiger partial charge is 0.360 e. The molecule has 0 heterocycles. The maximum absolute atomic E-state index is 12.3. The van der Waals surface area contributed by atoms with Gasteiger partial charge in [0.05, 0.1) is 0 Å². The standard InChI is InChI=1S/C19H23N3O/c1-5-11-22(12-6-2)19(23)17(13-20)14-21-18-9-7-16(8-10-18)15(3)4/h5-10,14-15,21H,1-2,11-12H2,3-4H3/b17-14-. The van der Waals surface area contributed by atoms with Gasteiger partial charge in [-0.25, -0.2) is 0 Å². The summed E-state index contributed by atoms with van der Waals surface area (Å²) in [7, 11) is 0. The number of carbonyl (C=O) groups excluding carboxylic acids is 1. The first-order valence-electron chi connectivity index (χ1n) is 7.51. The summed E-state index contributed by atoms with van der Waals surface area (Å²) in [5.41, 5.74) is 2.11. The number of benzene rings is 1. The van der Waals surface area contributed by atoms with Gasteiger partial charge in [-0.05, 0) is 23.6 Å². The summed E-state index contributed by atoms with van der Waals surface area (Å²) in [6, 6.07) is 9.84. The highest BCUT2D eigenvalue weighted by molar-refractivity contribution is 5.97. The van der Waals surface area contributed by atoms with Gasteiger partial charge in [0.2, 0.25) is 0 Å². The number of rotatable bonds is 8. The predicted molar refractivity (Wildman–Crippen MR) is 94.8 cm³/mol. The second-order valence-electron chi connectivity index (χ2n) is 5.38. The lowest BCUT2D eigenvalue weighted by Crippen LogP contribution is -2.32. The fraction of sp³-hybridized carbons (Fsp3) is 0.263. The van der Waals surface area contributed by atoms with E-state index in [0.29, 0.717) is 19.0 Å². The fourth-order valence-electron chi connectivity index (χ4n) is 1.98. The Morgan fingerprint density at radius 1 is 1.26 bits per heavy atom. The highest BCUT2D eigenvalue weighted by atomic mass is 16.2. The number of nitriles is 1. The van der Waals surface area contributed by atoms with Crippen LogP contribution >= 0.6 is 0 Å². The summed E-state index contributed by atoms with van der Waals surface area (Å²) in [5, 5.41) is 12.2. The third-order valence-corrected chi connectivity index (χ3v) is 3.30. The second-order valence-corrected chi connectivity index (χ2v) is 5.38. The van der Waals surface area contributed by atoms with E-state index in [4.69, 9.17) is 0 Å². The van der Waals surface area contributed by atoms with Crippen molar-refractivity contribution in [3.63, 3.8) is 0 Å². The van der Waals surface area contributed by atoms with E-state index in [9.17, 15) is 10.1 Å². The molecule has 0 saturated carbocycles. The summed E-state index contributed by atoms with van der Waals surface area (Å²) in [4.78, 5) is 13.8. The van der Waals surface area contributed by atoms with E-state index in [1.54, 1.807) is 12.2 Å². The molecule has 4 heteroatoms. The van der Waals surface area contributed by atoms with Gasteiger partial charge in [0.1, 0.15) is 11.6 Å². The zero-order valence-electron chi connectivity index (χ0n) is 13.7. The molecule has 0 aliphatic carbocycles. The Hall–Kier alpha value is -2.80. The Balaban J connectivity index is 2.85. The number of anilines is 1. The van der Waals surface area contributed by atoms with Crippen LogP contribution in [0.2, 0.25) is 0 Å². The van der Waals surface area contributed by atoms with Crippen molar-refractivity contribution in [1.29, 1.82) is 5.26 Å². The first-order valence-corrected chi connectivity index (χ1v) is 7.51. The molecule has 1 amide bonds. The van der Waals surface area contributed by atoms with Gasteiger partial charge in [0.15, 0.2) is 0 Å². The number of amides is 1. The molecule has 0 aliphatic rings. The van der Waals surface area contributed by atoms with Crippen molar-refractivity contribution in [2.45, 2.75) is 19.8 Å². The quantitative estimate of drug-likeness (QED) is 0.451. The van der Waals surface area contributed by atoms with E-state index in [0.717, 1.165) is 5.69 Å². The fourth-order valence-corrected chi connectivity index (χ4v) is 1.98. The molecule has 1 aromatic carbocycles. The summed E-state index contributed by atoms with van der Waals surface area (Å²) in [6.07, 6.45) is 4.68. The lowest BCUT2D eigenvalue weighted by Gasteiger charge is -2.18. The first kappa shape index (κ1) is 18.2. The molecule has 0 bridgehead atoms. The molecule has 0 radical (unpaired) electrons. The zero-order valence-corrected chi connectivity index (χ0v) is 13.7. The highest BCUT2D eigenvalue weighted by Gasteiger charge is 2.15. The molecule has 120 valence electrons. The molecule has 0 aliphatic heterocycles. The Morgan fingerprint density at radius 3 is 2.26 bits per heavy atom. The highest BCUT2D eigenvalue weighted by Crippen LogP contribution is 2.17. The summed E-state index contributed by atoms with van der Waals surface area (Å²) in [6.45, 7) is 12.2. The first-order chi connectivity index (χ1) is 11.0. The van der Waals surface area contributed by atoms with Crippen LogP contribution in [0.4, 0.5) is 5.69 Å². The molecule has 0 unspecified atom stereocenters. The van der Waals surface area contributed by atoms with Crippen molar-refractivity contribution in [3.8, 4) is 6.07 Å². The van der Waals surface area contributed by atoms with E-state index < -0.39 is 0 Å². The van der Waals surface area contributed by atoms with Gasteiger partial charge in [-0.15, -0.1) is 13.2 Å². The Morgan fingerprint density at radius 2 is 1.83 bits per heavy atom. The SMILES string of the molecule is C=CCN(CC=C)C(=O)/C(C#N)=C\Nc1ccc(C(C)C)cc1. The number of carbonyl (C=O) groups is 1. The second kappa shape index (κ2) is 9.26. The van der Waals surface area contributed by atoms with Crippen LogP contribution in [0, 0.1) is 11.3 Å². The predicted octanol–water partition coefficient (Wildman–Crippen LogP) is 3.83. The van der Waals surface area contributed by atoms with Gasteiger partial charge in [0, 0.05) is 25.0 Å². The molecular formula is C19H23N3O. The molecule has 0 atom stereocenters. The third kappa shape index (κ3) is 5.48. The number of nitrogens with one attached hydrogen (secondary N) is 1. The van der Waals surface area contributed by atoms with Gasteiger partial charge in [0.25, 0.3) is 5.91 Å². The van der Waals surface area contributed by atoms with Crippen LogP contribution in [-0.2, 0) is 4.79 Å². The monoisotopic (exact) mass is 309 g/mol. The Labute approximate surface area is 138 Å². The molecule has 23 heavy (non-hydrogen) atoms. The van der Waals surface area contributed by atoms with E-state index >= 15 is 0 Å². The molecule has 4 nitrogen and oxygen atoms in total. The van der Waals surface area contributed by atoms with E-state index in [2.05, 4.69) is 32.3 Å². The summed E-state index contributed by atoms with van der Waals surface area (Å²) >= 11 is 0. The maximum atomic E-state index is 12.3. The van der Waals surface area contributed by atoms with Crippen LogP contribution in [0.15, 0.2) is 61.3 Å². The normalized spacial score (nSPS) is 10.8. The Kier molecular flexibility index (Phi) is 7.35. The van der Waals surface area contributed by atoms with Crippen LogP contribution < -0.4 is 5.32 Å². The third-order valence-electron chi connectivity index (χ3n) is 3.30. The molecule has 0 saturated heterocycles. The van der Waals surface area contributed by atoms with E-state index in [1.165, 1.54) is 16.7 Å². The van der Waals surface area contributed by atoms with Gasteiger partial charge in [-0.1, -0.05) is 38.1 Å².